The number of ether oxygens (including phenoxy) is 1. The second kappa shape index (κ2) is 5.47. The third-order valence-corrected chi connectivity index (χ3v) is 2.35. The van der Waals surface area contributed by atoms with Gasteiger partial charge in [0, 0.05) is 0 Å². The topological polar surface area (TPSA) is 43.4 Å². The summed E-state index contributed by atoms with van der Waals surface area (Å²) in [6.45, 7) is 6.28. The SMILES string of the molecule is CC(C(=O)OC(C)(C)C)C(=O)c1cc(F)ccc1F. The molecule has 0 aliphatic rings. The van der Waals surface area contributed by atoms with Crippen molar-refractivity contribution in [2.45, 2.75) is 33.3 Å². The number of hydrogen-bond donors (Lipinski definition) is 0. The zero-order chi connectivity index (χ0) is 14.8. The molecule has 0 aromatic heterocycles. The average Bonchev–Trinajstić information content (AvgIpc) is 2.28. The Bertz CT molecular complexity index is 504. The van der Waals surface area contributed by atoms with Gasteiger partial charge in [-0.15, -0.1) is 0 Å². The van der Waals surface area contributed by atoms with E-state index in [0.717, 1.165) is 18.2 Å². The largest absolute Gasteiger partial charge is 0.459 e. The number of benzene rings is 1. The highest BCUT2D eigenvalue weighted by Crippen LogP contribution is 2.18. The number of ketones is 1. The van der Waals surface area contributed by atoms with Crippen molar-refractivity contribution in [2.75, 3.05) is 0 Å². The van der Waals surface area contributed by atoms with Gasteiger partial charge in [0.1, 0.15) is 23.2 Å². The lowest BCUT2D eigenvalue weighted by atomic mass is 9.98. The highest BCUT2D eigenvalue weighted by Gasteiger charge is 2.29. The van der Waals surface area contributed by atoms with Gasteiger partial charge in [-0.1, -0.05) is 0 Å². The van der Waals surface area contributed by atoms with Crippen LogP contribution in [0.15, 0.2) is 18.2 Å². The third-order valence-electron chi connectivity index (χ3n) is 2.35. The minimum absolute atomic E-state index is 0.446. The summed E-state index contributed by atoms with van der Waals surface area (Å²) in [5, 5.41) is 0. The molecule has 104 valence electrons. The highest BCUT2D eigenvalue weighted by atomic mass is 19.1. The van der Waals surface area contributed by atoms with Crippen molar-refractivity contribution in [1.29, 1.82) is 0 Å². The molecule has 5 heteroatoms. The van der Waals surface area contributed by atoms with E-state index in [-0.39, 0.29) is 0 Å². The number of rotatable bonds is 3. The summed E-state index contributed by atoms with van der Waals surface area (Å²) in [6, 6.07) is 2.53. The Kier molecular flexibility index (Phi) is 4.39. The van der Waals surface area contributed by atoms with Crippen LogP contribution < -0.4 is 0 Å². The Hall–Kier alpha value is -1.78. The van der Waals surface area contributed by atoms with E-state index in [1.54, 1.807) is 20.8 Å². The van der Waals surface area contributed by atoms with E-state index >= 15 is 0 Å². The van der Waals surface area contributed by atoms with E-state index in [1.807, 2.05) is 0 Å². The lowest BCUT2D eigenvalue weighted by molar-refractivity contribution is -0.157. The first-order valence-electron chi connectivity index (χ1n) is 5.84. The monoisotopic (exact) mass is 270 g/mol. The molecule has 0 N–H and O–H groups in total. The van der Waals surface area contributed by atoms with Crippen LogP contribution in [0.3, 0.4) is 0 Å². The van der Waals surface area contributed by atoms with Crippen molar-refractivity contribution >= 4 is 11.8 Å². The summed E-state index contributed by atoms with van der Waals surface area (Å²) in [5.41, 5.74) is -1.19. The zero-order valence-corrected chi connectivity index (χ0v) is 11.3. The van der Waals surface area contributed by atoms with Gasteiger partial charge in [-0.3, -0.25) is 9.59 Å². The van der Waals surface area contributed by atoms with E-state index in [2.05, 4.69) is 0 Å². The number of halogens is 2. The molecule has 0 heterocycles. The molecule has 0 spiro atoms. The average molecular weight is 270 g/mol. The molecule has 0 fully saturated rings. The maximum absolute atomic E-state index is 13.4. The van der Waals surface area contributed by atoms with Crippen LogP contribution in [-0.2, 0) is 9.53 Å². The Morgan fingerprint density at radius 3 is 2.32 bits per heavy atom. The Labute approximate surface area is 110 Å². The smallest absolute Gasteiger partial charge is 0.317 e. The summed E-state index contributed by atoms with van der Waals surface area (Å²) in [6.07, 6.45) is 0. The molecular formula is C14H16F2O3. The van der Waals surface area contributed by atoms with Crippen molar-refractivity contribution in [2.24, 2.45) is 5.92 Å². The minimum Gasteiger partial charge on any atom is -0.459 e. The summed E-state index contributed by atoms with van der Waals surface area (Å²) in [5.74, 6) is -4.34. The van der Waals surface area contributed by atoms with E-state index in [1.165, 1.54) is 6.92 Å². The molecule has 3 nitrogen and oxygen atoms in total. The van der Waals surface area contributed by atoms with E-state index in [0.29, 0.717) is 0 Å². The van der Waals surface area contributed by atoms with Crippen molar-refractivity contribution in [1.82, 2.24) is 0 Å². The molecule has 0 saturated heterocycles. The first-order chi connectivity index (χ1) is 8.61. The molecule has 19 heavy (non-hydrogen) atoms. The predicted octanol–water partition coefficient (Wildman–Crippen LogP) is 3.13. The first kappa shape index (κ1) is 15.3. The number of Topliss-reactive ketones (excluding diaryl/α,β-unsaturated/α-hetero) is 1. The third kappa shape index (κ3) is 4.12. The number of hydrogen-bond acceptors (Lipinski definition) is 3. The van der Waals surface area contributed by atoms with Gasteiger partial charge < -0.3 is 4.74 Å². The predicted molar refractivity (Wildman–Crippen MR) is 65.7 cm³/mol. The molecule has 0 aliphatic heterocycles. The van der Waals surface area contributed by atoms with Gasteiger partial charge in [-0.05, 0) is 45.9 Å². The van der Waals surface area contributed by atoms with Crippen LogP contribution in [0, 0.1) is 17.6 Å². The first-order valence-corrected chi connectivity index (χ1v) is 5.84. The van der Waals surface area contributed by atoms with Crippen molar-refractivity contribution in [3.05, 3.63) is 35.4 Å². The number of esters is 1. The maximum atomic E-state index is 13.4. The summed E-state index contributed by atoms with van der Waals surface area (Å²) in [4.78, 5) is 23.6. The molecule has 0 bridgehead atoms. The molecule has 1 aromatic rings. The molecule has 0 saturated carbocycles. The van der Waals surface area contributed by atoms with Crippen molar-refractivity contribution < 1.29 is 23.1 Å². The van der Waals surface area contributed by atoms with Gasteiger partial charge in [-0.2, -0.15) is 0 Å². The molecule has 1 aromatic carbocycles. The molecule has 1 atom stereocenters. The van der Waals surface area contributed by atoms with Gasteiger partial charge in [0.15, 0.2) is 5.78 Å². The van der Waals surface area contributed by atoms with Gasteiger partial charge in [0.05, 0.1) is 5.56 Å². The second-order valence-corrected chi connectivity index (χ2v) is 5.24. The van der Waals surface area contributed by atoms with Crippen LogP contribution in [0.5, 0.6) is 0 Å². The van der Waals surface area contributed by atoms with Gasteiger partial charge in [0.2, 0.25) is 0 Å². The van der Waals surface area contributed by atoms with Crippen LogP contribution in [0.4, 0.5) is 8.78 Å². The van der Waals surface area contributed by atoms with E-state index in [9.17, 15) is 18.4 Å². The molecule has 0 aliphatic carbocycles. The van der Waals surface area contributed by atoms with Gasteiger partial charge in [-0.25, -0.2) is 8.78 Å². The summed E-state index contributed by atoms with van der Waals surface area (Å²) in [7, 11) is 0. The summed E-state index contributed by atoms with van der Waals surface area (Å²) >= 11 is 0. The van der Waals surface area contributed by atoms with Crippen LogP contribution >= 0.6 is 0 Å². The summed E-state index contributed by atoms with van der Waals surface area (Å²) < 4.78 is 31.5. The van der Waals surface area contributed by atoms with Crippen LogP contribution in [-0.4, -0.2) is 17.4 Å². The Balaban J connectivity index is 2.94. The van der Waals surface area contributed by atoms with Crippen LogP contribution in [0.25, 0.3) is 0 Å². The molecule has 0 radical (unpaired) electrons. The van der Waals surface area contributed by atoms with Crippen LogP contribution in [0.2, 0.25) is 0 Å². The molecule has 0 amide bonds. The second-order valence-electron chi connectivity index (χ2n) is 5.24. The molecule has 1 unspecified atom stereocenters. The lowest BCUT2D eigenvalue weighted by Crippen LogP contribution is -2.31. The lowest BCUT2D eigenvalue weighted by Gasteiger charge is -2.21. The highest BCUT2D eigenvalue weighted by molar-refractivity contribution is 6.08. The standard InChI is InChI=1S/C14H16F2O3/c1-8(13(18)19-14(2,3)4)12(17)10-7-9(15)5-6-11(10)16/h5-8H,1-4H3. The van der Waals surface area contributed by atoms with Crippen LogP contribution in [0.1, 0.15) is 38.1 Å². The normalized spacial score (nSPS) is 12.9. The molecule has 1 rings (SSSR count). The fourth-order valence-electron chi connectivity index (χ4n) is 1.42. The van der Waals surface area contributed by atoms with Crippen molar-refractivity contribution in [3.63, 3.8) is 0 Å². The fraction of sp³-hybridized carbons (Fsp3) is 0.429. The van der Waals surface area contributed by atoms with Crippen molar-refractivity contribution in [3.8, 4) is 0 Å². The Morgan fingerprint density at radius 2 is 1.79 bits per heavy atom. The molecular weight excluding hydrogens is 254 g/mol. The van der Waals surface area contributed by atoms with E-state index in [4.69, 9.17) is 4.74 Å². The quantitative estimate of drug-likeness (QED) is 0.481. The van der Waals surface area contributed by atoms with Gasteiger partial charge >= 0.3 is 5.97 Å². The number of carbonyl (C=O) groups is 2. The Morgan fingerprint density at radius 1 is 1.21 bits per heavy atom. The minimum atomic E-state index is -1.18. The van der Waals surface area contributed by atoms with Gasteiger partial charge in [0.25, 0.3) is 0 Å². The fourth-order valence-corrected chi connectivity index (χ4v) is 1.42. The van der Waals surface area contributed by atoms with E-state index < -0.39 is 40.5 Å². The maximum Gasteiger partial charge on any atom is 0.317 e. The number of carbonyl (C=O) groups excluding carboxylic acids is 2. The zero-order valence-electron chi connectivity index (χ0n) is 11.3.